The van der Waals surface area contributed by atoms with Gasteiger partial charge in [-0.15, -0.1) is 0 Å². The lowest BCUT2D eigenvalue weighted by Gasteiger charge is -2.12. The molecule has 1 atom stereocenters. The van der Waals surface area contributed by atoms with Crippen LogP contribution < -0.4 is 9.64 Å². The molecule has 0 saturated carbocycles. The van der Waals surface area contributed by atoms with Crippen molar-refractivity contribution < 1.29 is 23.8 Å². The minimum atomic E-state index is -0.455. The molecule has 1 aromatic carbocycles. The maximum absolute atomic E-state index is 12.0. The number of benzene rings is 1. The van der Waals surface area contributed by atoms with E-state index in [2.05, 4.69) is 9.72 Å². The summed E-state index contributed by atoms with van der Waals surface area (Å²) in [5.74, 6) is 0.206. The molecule has 0 radical (unpaired) electrons. The first-order valence-corrected chi connectivity index (χ1v) is 7.94. The van der Waals surface area contributed by atoms with Crippen molar-refractivity contribution in [1.29, 1.82) is 5.26 Å². The van der Waals surface area contributed by atoms with Gasteiger partial charge < -0.3 is 19.2 Å². The van der Waals surface area contributed by atoms with Gasteiger partial charge >= 0.3 is 12.1 Å². The molecule has 0 bridgehead atoms. The minimum absolute atomic E-state index is 0.130. The summed E-state index contributed by atoms with van der Waals surface area (Å²) in [6, 6.07) is 10.4. The van der Waals surface area contributed by atoms with E-state index in [1.54, 1.807) is 36.5 Å². The molecule has 8 nitrogen and oxygen atoms in total. The van der Waals surface area contributed by atoms with E-state index in [1.165, 1.54) is 12.0 Å². The average Bonchev–Trinajstić information content (AvgIpc) is 3.26. The van der Waals surface area contributed by atoms with Crippen LogP contribution in [0.1, 0.15) is 11.3 Å². The SMILES string of the molecule is COC(=O)Cc1cc(OCC2CN(c3ccc(C#N)cc3)C(=O)O2)c[nH]1. The Kier molecular flexibility index (Phi) is 5.08. The number of hydrogen-bond acceptors (Lipinski definition) is 6. The van der Waals surface area contributed by atoms with E-state index in [9.17, 15) is 9.59 Å². The molecule has 1 aromatic heterocycles. The Labute approximate surface area is 149 Å². The van der Waals surface area contributed by atoms with Gasteiger partial charge in [-0.1, -0.05) is 0 Å². The van der Waals surface area contributed by atoms with Crippen LogP contribution in [-0.4, -0.2) is 43.4 Å². The minimum Gasteiger partial charge on any atom is -0.488 e. The number of cyclic esters (lactones) is 1. The number of rotatable bonds is 6. The normalized spacial score (nSPS) is 16.1. The predicted molar refractivity (Wildman–Crippen MR) is 90.8 cm³/mol. The van der Waals surface area contributed by atoms with Crippen LogP contribution in [-0.2, 0) is 20.7 Å². The topological polar surface area (TPSA) is 105 Å². The highest BCUT2D eigenvalue weighted by Gasteiger charge is 2.32. The number of anilines is 1. The molecule has 2 heterocycles. The van der Waals surface area contributed by atoms with E-state index in [4.69, 9.17) is 14.7 Å². The van der Waals surface area contributed by atoms with Crippen LogP contribution in [0.4, 0.5) is 10.5 Å². The molecule has 1 fully saturated rings. The zero-order valence-electron chi connectivity index (χ0n) is 14.1. The second kappa shape index (κ2) is 7.61. The number of H-pyrrole nitrogens is 1. The summed E-state index contributed by atoms with van der Waals surface area (Å²) in [5.41, 5.74) is 1.87. The Balaban J connectivity index is 1.54. The van der Waals surface area contributed by atoms with Crippen LogP contribution in [0.15, 0.2) is 36.5 Å². The Morgan fingerprint density at radius 1 is 1.42 bits per heavy atom. The molecular formula is C18H17N3O5. The van der Waals surface area contributed by atoms with Crippen molar-refractivity contribution in [3.63, 3.8) is 0 Å². The van der Waals surface area contributed by atoms with Crippen molar-refractivity contribution in [2.24, 2.45) is 0 Å². The third-order valence-electron chi connectivity index (χ3n) is 3.90. The number of nitriles is 1. The van der Waals surface area contributed by atoms with Crippen molar-refractivity contribution >= 4 is 17.7 Å². The van der Waals surface area contributed by atoms with Crippen LogP contribution in [0.3, 0.4) is 0 Å². The number of ether oxygens (including phenoxy) is 3. The van der Waals surface area contributed by atoms with Crippen LogP contribution in [0.5, 0.6) is 5.75 Å². The van der Waals surface area contributed by atoms with Gasteiger partial charge in [-0.3, -0.25) is 9.69 Å². The molecule has 3 rings (SSSR count). The van der Waals surface area contributed by atoms with Gasteiger partial charge in [0, 0.05) is 23.6 Å². The summed E-state index contributed by atoms with van der Waals surface area (Å²) in [4.78, 5) is 27.7. The quantitative estimate of drug-likeness (QED) is 0.795. The van der Waals surface area contributed by atoms with Crippen LogP contribution >= 0.6 is 0 Å². The third kappa shape index (κ3) is 3.95. The number of carbonyl (C=O) groups is 2. The molecule has 8 heteroatoms. The summed E-state index contributed by atoms with van der Waals surface area (Å²) in [5, 5.41) is 8.83. The van der Waals surface area contributed by atoms with Crippen molar-refractivity contribution in [1.82, 2.24) is 4.98 Å². The van der Waals surface area contributed by atoms with E-state index in [1.807, 2.05) is 6.07 Å². The molecule has 1 saturated heterocycles. The number of aromatic nitrogens is 1. The molecule has 26 heavy (non-hydrogen) atoms. The summed E-state index contributed by atoms with van der Waals surface area (Å²) < 4.78 is 15.5. The van der Waals surface area contributed by atoms with Gasteiger partial charge in [0.25, 0.3) is 0 Å². The molecule has 2 aromatic rings. The smallest absolute Gasteiger partial charge is 0.414 e. The lowest BCUT2D eigenvalue weighted by atomic mass is 10.2. The number of carbonyl (C=O) groups excluding carboxylic acids is 2. The molecule has 134 valence electrons. The fourth-order valence-electron chi connectivity index (χ4n) is 2.56. The molecule has 1 aliphatic rings. The van der Waals surface area contributed by atoms with Gasteiger partial charge in [-0.05, 0) is 24.3 Å². The summed E-state index contributed by atoms with van der Waals surface area (Å²) in [7, 11) is 1.33. The first-order valence-electron chi connectivity index (χ1n) is 7.94. The third-order valence-corrected chi connectivity index (χ3v) is 3.90. The van der Waals surface area contributed by atoms with Gasteiger partial charge in [-0.25, -0.2) is 4.79 Å². The van der Waals surface area contributed by atoms with Crippen LogP contribution in [0.2, 0.25) is 0 Å². The fourth-order valence-corrected chi connectivity index (χ4v) is 2.56. The first-order chi connectivity index (χ1) is 12.6. The van der Waals surface area contributed by atoms with Gasteiger partial charge in [0.2, 0.25) is 0 Å². The standard InChI is InChI=1S/C18H17N3O5/c1-24-17(22)7-13-6-15(9-20-13)25-11-16-10-21(18(23)26-16)14-4-2-12(8-19)3-5-14/h2-6,9,16,20H,7,10-11H2,1H3. The highest BCUT2D eigenvalue weighted by Crippen LogP contribution is 2.23. The number of nitrogens with zero attached hydrogens (tertiary/aromatic N) is 2. The van der Waals surface area contributed by atoms with E-state index in [-0.39, 0.29) is 19.0 Å². The second-order valence-corrected chi connectivity index (χ2v) is 5.70. The van der Waals surface area contributed by atoms with Crippen LogP contribution in [0.25, 0.3) is 0 Å². The molecular weight excluding hydrogens is 338 g/mol. The zero-order valence-corrected chi connectivity index (χ0v) is 14.1. The van der Waals surface area contributed by atoms with E-state index in [0.717, 1.165) is 0 Å². The van der Waals surface area contributed by atoms with Gasteiger partial charge in [-0.2, -0.15) is 5.26 Å². The molecule has 1 aliphatic heterocycles. The lowest BCUT2D eigenvalue weighted by molar-refractivity contribution is -0.139. The van der Waals surface area contributed by atoms with Gasteiger partial charge in [0.15, 0.2) is 6.10 Å². The number of aromatic amines is 1. The van der Waals surface area contributed by atoms with Gasteiger partial charge in [0.05, 0.1) is 31.7 Å². The highest BCUT2D eigenvalue weighted by atomic mass is 16.6. The number of nitrogens with one attached hydrogen (secondary N) is 1. The first kappa shape index (κ1) is 17.4. The zero-order chi connectivity index (χ0) is 18.5. The van der Waals surface area contributed by atoms with Crippen molar-refractivity contribution in [3.05, 3.63) is 47.8 Å². The Morgan fingerprint density at radius 2 is 2.19 bits per heavy atom. The monoisotopic (exact) mass is 355 g/mol. The summed E-state index contributed by atoms with van der Waals surface area (Å²) in [6.45, 7) is 0.540. The highest BCUT2D eigenvalue weighted by molar-refractivity contribution is 5.89. The largest absolute Gasteiger partial charge is 0.488 e. The Morgan fingerprint density at radius 3 is 2.88 bits per heavy atom. The Bertz CT molecular complexity index is 837. The lowest BCUT2D eigenvalue weighted by Crippen LogP contribution is -2.26. The maximum atomic E-state index is 12.0. The molecule has 1 unspecified atom stereocenters. The predicted octanol–water partition coefficient (Wildman–Crippen LogP) is 2.01. The van der Waals surface area contributed by atoms with Crippen molar-refractivity contribution in [2.75, 3.05) is 25.2 Å². The average molecular weight is 355 g/mol. The van der Waals surface area contributed by atoms with E-state index >= 15 is 0 Å². The van der Waals surface area contributed by atoms with Crippen LogP contribution in [0, 0.1) is 11.3 Å². The second-order valence-electron chi connectivity index (χ2n) is 5.70. The Hall–Kier alpha value is -3.47. The number of esters is 1. The number of amides is 1. The van der Waals surface area contributed by atoms with E-state index < -0.39 is 12.2 Å². The maximum Gasteiger partial charge on any atom is 0.414 e. The summed E-state index contributed by atoms with van der Waals surface area (Å²) >= 11 is 0. The molecule has 0 aliphatic carbocycles. The summed E-state index contributed by atoms with van der Waals surface area (Å²) in [6.07, 6.45) is 0.888. The fraction of sp³-hybridized carbons (Fsp3) is 0.278. The van der Waals surface area contributed by atoms with Crippen molar-refractivity contribution in [2.45, 2.75) is 12.5 Å². The molecule has 1 amide bonds. The number of hydrogen-bond donors (Lipinski definition) is 1. The van der Waals surface area contributed by atoms with Crippen molar-refractivity contribution in [3.8, 4) is 11.8 Å². The van der Waals surface area contributed by atoms with E-state index in [0.29, 0.717) is 29.2 Å². The number of methoxy groups -OCH3 is 1. The molecule has 1 N–H and O–H groups in total. The van der Waals surface area contributed by atoms with Gasteiger partial charge in [0.1, 0.15) is 12.4 Å². The molecule has 0 spiro atoms.